The van der Waals surface area contributed by atoms with Crippen LogP contribution in [0.3, 0.4) is 0 Å². The average Bonchev–Trinajstić information content (AvgIpc) is 3.58. The van der Waals surface area contributed by atoms with E-state index in [0.29, 0.717) is 0 Å². The van der Waals surface area contributed by atoms with Gasteiger partial charge in [0.25, 0.3) is 20.1 Å². The van der Waals surface area contributed by atoms with Gasteiger partial charge in [-0.05, 0) is 146 Å². The molecular weight excluding hydrogens is 913 g/mol. The largest absolute Gasteiger partial charge is 0.459 e. The topological polar surface area (TPSA) is 31.4 Å². The van der Waals surface area contributed by atoms with Crippen LogP contribution in [0.25, 0.3) is 0 Å². The molecule has 11 aromatic carbocycles. The predicted octanol–water partition coefficient (Wildman–Crippen LogP) is 10.6. The molecule has 346 valence electrons. The van der Waals surface area contributed by atoms with Crippen LogP contribution in [0.5, 0.6) is 23.0 Å². The van der Waals surface area contributed by atoms with Gasteiger partial charge < -0.3 is 29.1 Å². The first-order valence-corrected chi connectivity index (χ1v) is 25.9. The molecule has 0 radical (unpaired) electrons. The summed E-state index contributed by atoms with van der Waals surface area (Å²) in [6.45, 7) is -0.543. The summed E-state index contributed by atoms with van der Waals surface area (Å²) >= 11 is 0. The Balaban J connectivity index is 1.05. The maximum atomic E-state index is 7.73. The Bertz CT molecular complexity index is 3930. The second-order valence-electron chi connectivity index (χ2n) is 20.2. The van der Waals surface area contributed by atoms with Gasteiger partial charge >= 0.3 is 0 Å². The summed E-state index contributed by atoms with van der Waals surface area (Å²) in [5, 5.41) is 0. The predicted molar refractivity (Wildman–Crippen MR) is 312 cm³/mol. The second-order valence-corrected chi connectivity index (χ2v) is 20.2. The van der Waals surface area contributed by atoms with Gasteiger partial charge in [-0.15, -0.1) is 0 Å². The average molecular weight is 955 g/mol. The molecule has 6 heterocycles. The van der Waals surface area contributed by atoms with Gasteiger partial charge in [-0.2, -0.15) is 0 Å². The van der Waals surface area contributed by atoms with Crippen LogP contribution in [0, 0.1) is 0 Å². The Kier molecular flexibility index (Phi) is 8.44. The van der Waals surface area contributed by atoms with E-state index in [1.165, 1.54) is 16.4 Å². The Hall–Kier alpha value is -9.59. The third kappa shape index (κ3) is 5.56. The van der Waals surface area contributed by atoms with E-state index in [1.807, 2.05) is 0 Å². The molecule has 0 unspecified atom stereocenters. The van der Waals surface area contributed by atoms with Crippen molar-refractivity contribution in [3.63, 3.8) is 0 Å². The molecule has 0 saturated heterocycles. The smallest absolute Gasteiger partial charge is 0.261 e. The van der Waals surface area contributed by atoms with Crippen LogP contribution >= 0.6 is 0 Å². The molecule has 9 heteroatoms. The van der Waals surface area contributed by atoms with Gasteiger partial charge in [0, 0.05) is 68.2 Å². The molecule has 0 saturated carbocycles. The van der Waals surface area contributed by atoms with Crippen molar-refractivity contribution in [1.29, 1.82) is 0 Å². The zero-order valence-electron chi connectivity index (χ0n) is 40.5. The summed E-state index contributed by atoms with van der Waals surface area (Å²) in [6, 6.07) is 90.6. The van der Waals surface area contributed by atoms with Gasteiger partial charge in [-0.1, -0.05) is 152 Å². The number of benzene rings is 11. The highest BCUT2D eigenvalue weighted by Crippen LogP contribution is 2.52. The number of rotatable bonds is 4. The maximum absolute atomic E-state index is 7.73. The summed E-state index contributed by atoms with van der Waals surface area (Å²) < 4.78 is 15.5. The van der Waals surface area contributed by atoms with Crippen molar-refractivity contribution in [2.24, 2.45) is 0 Å². The fourth-order valence-corrected chi connectivity index (χ4v) is 13.7. The number of hydrogen-bond acceptors (Lipinski definition) is 6. The quantitative estimate of drug-likeness (QED) is 0.163. The van der Waals surface area contributed by atoms with Gasteiger partial charge in [-0.25, -0.2) is 0 Å². The van der Waals surface area contributed by atoms with E-state index in [-0.39, 0.29) is 20.1 Å². The molecule has 0 aliphatic carbocycles. The third-order valence-corrected chi connectivity index (χ3v) is 16.5. The molecule has 0 atom stereocenters. The number of ether oxygens (including phenoxy) is 2. The number of fused-ring (bicyclic) bond motifs is 14. The summed E-state index contributed by atoms with van der Waals surface area (Å²) in [5.74, 6) is 3.52. The lowest BCUT2D eigenvalue weighted by Gasteiger charge is -2.49. The molecule has 6 nitrogen and oxygen atoms in total. The number of nitrogens with zero attached hydrogens (tertiary/aromatic N) is 4. The highest BCUT2D eigenvalue weighted by Gasteiger charge is 2.54. The lowest BCUT2D eigenvalue weighted by Crippen LogP contribution is -2.67. The first kappa shape index (κ1) is 40.9. The Morgan fingerprint density at radius 1 is 0.227 bits per heavy atom. The zero-order valence-corrected chi connectivity index (χ0v) is 40.5. The fraction of sp³-hybridized carbons (Fsp3) is 0. The maximum Gasteiger partial charge on any atom is 0.261 e. The second kappa shape index (κ2) is 15.5. The minimum atomic E-state index is -0.344. The molecule has 6 aliphatic rings. The minimum absolute atomic E-state index is 0.0996. The van der Waals surface area contributed by atoms with E-state index in [2.05, 4.69) is 268 Å². The Labute approximate surface area is 436 Å². The van der Waals surface area contributed by atoms with Crippen molar-refractivity contribution in [3.05, 3.63) is 249 Å². The van der Waals surface area contributed by atoms with Crippen molar-refractivity contribution in [3.8, 4) is 23.0 Å². The van der Waals surface area contributed by atoms with Crippen LogP contribution in [-0.2, 0) is 0 Å². The summed E-state index contributed by atoms with van der Waals surface area (Å²) in [6.07, 6.45) is 0. The molecule has 0 fully saturated rings. The van der Waals surface area contributed by atoms with Crippen LogP contribution in [-0.4, -0.2) is 20.1 Å². The van der Waals surface area contributed by atoms with Gasteiger partial charge in [0.15, 0.2) is 0 Å². The Morgan fingerprint density at radius 3 is 0.907 bits per heavy atom. The van der Waals surface area contributed by atoms with Gasteiger partial charge in [-0.3, -0.25) is 0 Å². The van der Waals surface area contributed by atoms with E-state index >= 15 is 0 Å². The molecule has 0 N–H and O–H groups in total. The molecule has 0 amide bonds. The van der Waals surface area contributed by atoms with Gasteiger partial charge in [0.1, 0.15) is 23.0 Å². The molecule has 17 rings (SSSR count). The zero-order chi connectivity index (χ0) is 48.9. The molecule has 6 aliphatic heterocycles. The Morgan fingerprint density at radius 2 is 0.520 bits per heavy atom. The molecule has 11 aromatic rings. The monoisotopic (exact) mass is 954 g/mol. The number of anilines is 12. The van der Waals surface area contributed by atoms with E-state index in [9.17, 15) is 0 Å². The normalized spacial score (nSPS) is 14.2. The van der Waals surface area contributed by atoms with Crippen molar-refractivity contribution >= 4 is 138 Å². The van der Waals surface area contributed by atoms with Crippen molar-refractivity contribution in [2.75, 3.05) is 19.6 Å². The van der Waals surface area contributed by atoms with Gasteiger partial charge in [0.2, 0.25) is 0 Å². The molecule has 0 spiro atoms. The molecule has 0 aromatic heterocycles. The first-order valence-electron chi connectivity index (χ1n) is 25.9. The number of para-hydroxylation sites is 8. The highest BCUT2D eigenvalue weighted by atomic mass is 16.5. The van der Waals surface area contributed by atoms with E-state index in [0.717, 1.165) is 124 Å². The minimum Gasteiger partial charge on any atom is -0.459 e. The van der Waals surface area contributed by atoms with Crippen molar-refractivity contribution in [2.45, 2.75) is 0 Å². The van der Waals surface area contributed by atoms with Crippen molar-refractivity contribution < 1.29 is 9.47 Å². The van der Waals surface area contributed by atoms with E-state index in [4.69, 9.17) is 9.47 Å². The lowest BCUT2D eigenvalue weighted by atomic mass is 9.28. The van der Waals surface area contributed by atoms with Crippen LogP contribution in [0.4, 0.5) is 68.2 Å². The SMILES string of the molecule is c1ccc(N2c3ccccc3B3c4ccccc4Oc4c3c2cc2c4B3c4c(cccc4N(c4ccccc4)c4cc5c6c(c43)Oc3ccccc3B6c3ccccc3N5c3ccccc3)N2c2ccccc2)cc1. The van der Waals surface area contributed by atoms with Crippen LogP contribution in [0.2, 0.25) is 0 Å². The fourth-order valence-electron chi connectivity index (χ4n) is 13.7. The molecular formula is C66H41B3N4O2. The summed E-state index contributed by atoms with van der Waals surface area (Å²) in [4.78, 5) is 9.91. The lowest BCUT2D eigenvalue weighted by molar-refractivity contribution is 0.490. The van der Waals surface area contributed by atoms with Crippen LogP contribution in [0.1, 0.15) is 0 Å². The van der Waals surface area contributed by atoms with Gasteiger partial charge in [0.05, 0.1) is 0 Å². The summed E-state index contributed by atoms with van der Waals surface area (Å²) in [7, 11) is 0. The molecule has 0 bridgehead atoms. The highest BCUT2D eigenvalue weighted by molar-refractivity contribution is 7.05. The number of hydrogen-bond donors (Lipinski definition) is 0. The van der Waals surface area contributed by atoms with Crippen molar-refractivity contribution in [1.82, 2.24) is 0 Å². The summed E-state index contributed by atoms with van der Waals surface area (Å²) in [5.41, 5.74) is 23.8. The van der Waals surface area contributed by atoms with E-state index < -0.39 is 0 Å². The van der Waals surface area contributed by atoms with Crippen LogP contribution in [0.15, 0.2) is 249 Å². The molecule has 75 heavy (non-hydrogen) atoms. The van der Waals surface area contributed by atoms with E-state index in [1.54, 1.807) is 0 Å². The first-order chi connectivity index (χ1) is 37.3. The van der Waals surface area contributed by atoms with Crippen LogP contribution < -0.4 is 78.2 Å². The standard InChI is InChI=1S/C66H41B3N4O2/c1-5-22-42(23-6-1)70-50-34-17-13-30-46(50)67-48-32-15-19-38-58(48)74-65-61(67)54(70)40-56-63(65)69-60-52(72(56)44-26-9-3-10-27-44)36-21-37-53(60)73(45-28-11-4-12-29-45)57-41-55-62-66(64(57)69)75-59-39-20-16-33-49(59)68(62)47-31-14-18-35-51(47)71(55)43-24-7-2-8-25-43/h1-41H. The third-order valence-electron chi connectivity index (χ3n) is 16.5.